The molecule has 4 heteroatoms. The van der Waals surface area contributed by atoms with Crippen molar-refractivity contribution < 1.29 is 0 Å². The zero-order valence-electron chi connectivity index (χ0n) is 13.7. The van der Waals surface area contributed by atoms with E-state index in [0.29, 0.717) is 12.0 Å². The Bertz CT molecular complexity index is 453. The van der Waals surface area contributed by atoms with Crippen LogP contribution in [0.2, 0.25) is 5.02 Å². The predicted octanol–water partition coefficient (Wildman–Crippen LogP) is 3.40. The van der Waals surface area contributed by atoms with Crippen molar-refractivity contribution in [2.24, 2.45) is 5.92 Å². The van der Waals surface area contributed by atoms with E-state index in [0.717, 1.165) is 43.3 Å². The van der Waals surface area contributed by atoms with Gasteiger partial charge in [-0.15, -0.1) is 0 Å². The van der Waals surface area contributed by atoms with E-state index in [1.54, 1.807) is 0 Å². The van der Waals surface area contributed by atoms with Gasteiger partial charge in [0.1, 0.15) is 0 Å². The van der Waals surface area contributed by atoms with E-state index in [-0.39, 0.29) is 0 Å². The Morgan fingerprint density at radius 3 is 2.43 bits per heavy atom. The first kappa shape index (κ1) is 16.6. The Hall–Kier alpha value is -0.770. The molecular weight excluding hydrogens is 282 g/mol. The van der Waals surface area contributed by atoms with Crippen molar-refractivity contribution in [3.05, 3.63) is 28.8 Å². The third-order valence-electron chi connectivity index (χ3n) is 4.15. The maximum Gasteiger partial charge on any atom is 0.0474 e. The van der Waals surface area contributed by atoms with Crippen molar-refractivity contribution in [2.45, 2.75) is 26.3 Å². The first-order chi connectivity index (χ1) is 9.99. The Morgan fingerprint density at radius 2 is 1.90 bits per heavy atom. The second-order valence-electron chi connectivity index (χ2n) is 6.53. The molecule has 0 aromatic heterocycles. The highest BCUT2D eigenvalue weighted by molar-refractivity contribution is 6.31. The highest BCUT2D eigenvalue weighted by atomic mass is 35.5. The zero-order chi connectivity index (χ0) is 15.4. The third kappa shape index (κ3) is 4.35. The summed E-state index contributed by atoms with van der Waals surface area (Å²) in [5.74, 6) is 0.662. The number of halogens is 1. The molecule has 1 saturated heterocycles. The molecule has 1 fully saturated rings. The van der Waals surface area contributed by atoms with Gasteiger partial charge in [0, 0.05) is 57.0 Å². The van der Waals surface area contributed by atoms with Crippen molar-refractivity contribution in [2.75, 3.05) is 45.2 Å². The molecule has 0 radical (unpaired) electrons. The van der Waals surface area contributed by atoms with Crippen molar-refractivity contribution in [1.82, 2.24) is 10.2 Å². The van der Waals surface area contributed by atoms with Crippen LogP contribution in [0, 0.1) is 5.92 Å². The molecule has 0 saturated carbocycles. The molecule has 1 aromatic rings. The molecule has 3 nitrogen and oxygen atoms in total. The summed E-state index contributed by atoms with van der Waals surface area (Å²) in [7, 11) is 4.10. The molecule has 1 N–H and O–H groups in total. The zero-order valence-corrected chi connectivity index (χ0v) is 14.5. The van der Waals surface area contributed by atoms with Gasteiger partial charge in [0.2, 0.25) is 0 Å². The minimum absolute atomic E-state index is 0.427. The van der Waals surface area contributed by atoms with Crippen LogP contribution in [0.4, 0.5) is 5.69 Å². The smallest absolute Gasteiger partial charge is 0.0474 e. The summed E-state index contributed by atoms with van der Waals surface area (Å²) in [4.78, 5) is 4.67. The van der Waals surface area contributed by atoms with Crippen LogP contribution >= 0.6 is 11.6 Å². The van der Waals surface area contributed by atoms with Crippen molar-refractivity contribution in [3.63, 3.8) is 0 Å². The van der Waals surface area contributed by atoms with Gasteiger partial charge in [0.15, 0.2) is 0 Å². The van der Waals surface area contributed by atoms with E-state index in [4.69, 9.17) is 11.6 Å². The Morgan fingerprint density at radius 1 is 1.24 bits per heavy atom. The van der Waals surface area contributed by atoms with Gasteiger partial charge in [0.05, 0.1) is 0 Å². The minimum Gasteiger partial charge on any atom is -0.378 e. The summed E-state index contributed by atoms with van der Waals surface area (Å²) < 4.78 is 0. The largest absolute Gasteiger partial charge is 0.378 e. The first-order valence-corrected chi connectivity index (χ1v) is 8.28. The van der Waals surface area contributed by atoms with Gasteiger partial charge < -0.3 is 10.2 Å². The lowest BCUT2D eigenvalue weighted by Gasteiger charge is -2.36. The number of nitrogens with one attached hydrogen (secondary N) is 1. The summed E-state index contributed by atoms with van der Waals surface area (Å²) >= 11 is 6.60. The van der Waals surface area contributed by atoms with Crippen molar-refractivity contribution in [1.29, 1.82) is 0 Å². The topological polar surface area (TPSA) is 18.5 Å². The molecule has 21 heavy (non-hydrogen) atoms. The van der Waals surface area contributed by atoms with Crippen LogP contribution < -0.4 is 10.2 Å². The normalized spacial score (nSPS) is 18.0. The fourth-order valence-electron chi connectivity index (χ4n) is 2.98. The number of nitrogens with zero attached hydrogens (tertiary/aromatic N) is 2. The number of hydrogen-bond acceptors (Lipinski definition) is 3. The maximum absolute atomic E-state index is 6.60. The maximum atomic E-state index is 6.60. The van der Waals surface area contributed by atoms with Gasteiger partial charge in [-0.25, -0.2) is 0 Å². The Balaban J connectivity index is 2.27. The molecule has 1 heterocycles. The molecule has 1 aliphatic rings. The monoisotopic (exact) mass is 309 g/mol. The van der Waals surface area contributed by atoms with Crippen LogP contribution in [-0.2, 0) is 0 Å². The van der Waals surface area contributed by atoms with Crippen LogP contribution in [0.15, 0.2) is 18.2 Å². The van der Waals surface area contributed by atoms with Crippen molar-refractivity contribution in [3.8, 4) is 0 Å². The van der Waals surface area contributed by atoms with Gasteiger partial charge in [-0.2, -0.15) is 0 Å². The summed E-state index contributed by atoms with van der Waals surface area (Å²) in [5.41, 5.74) is 2.44. The van der Waals surface area contributed by atoms with Gasteiger partial charge >= 0.3 is 0 Å². The van der Waals surface area contributed by atoms with Crippen LogP contribution in [0.1, 0.15) is 31.9 Å². The number of benzene rings is 1. The highest BCUT2D eigenvalue weighted by Gasteiger charge is 2.25. The summed E-state index contributed by atoms with van der Waals surface area (Å²) in [6, 6.07) is 6.91. The molecule has 1 aliphatic heterocycles. The SMILES string of the molecule is CC(C)C[C@H](c1ccc(N(C)C)cc1Cl)N1CCNCC1. The quantitative estimate of drug-likeness (QED) is 0.899. The molecule has 1 aromatic carbocycles. The van der Waals surface area contributed by atoms with Crippen LogP contribution in [-0.4, -0.2) is 45.2 Å². The molecule has 0 bridgehead atoms. The van der Waals surface area contributed by atoms with Gasteiger partial charge in [-0.3, -0.25) is 4.90 Å². The number of hydrogen-bond donors (Lipinski definition) is 1. The third-order valence-corrected chi connectivity index (χ3v) is 4.47. The van der Waals surface area contributed by atoms with Gasteiger partial charge in [-0.1, -0.05) is 31.5 Å². The highest BCUT2D eigenvalue weighted by Crippen LogP contribution is 2.34. The lowest BCUT2D eigenvalue weighted by atomic mass is 9.94. The van der Waals surface area contributed by atoms with Crippen LogP contribution in [0.25, 0.3) is 0 Å². The number of anilines is 1. The standard InChI is InChI=1S/C17H28ClN3/c1-13(2)11-17(21-9-7-19-8-10-21)15-6-5-14(20(3)4)12-16(15)18/h5-6,12-13,17,19H,7-11H2,1-4H3/t17-/m1/s1. The first-order valence-electron chi connectivity index (χ1n) is 7.90. The summed E-state index contributed by atoms with van der Waals surface area (Å²) in [6.45, 7) is 8.92. The lowest BCUT2D eigenvalue weighted by molar-refractivity contribution is 0.154. The summed E-state index contributed by atoms with van der Waals surface area (Å²) in [5, 5.41) is 4.33. The predicted molar refractivity (Wildman–Crippen MR) is 92.4 cm³/mol. The van der Waals surface area contributed by atoms with E-state index in [1.807, 2.05) is 14.1 Å². The lowest BCUT2D eigenvalue weighted by Crippen LogP contribution is -2.45. The van der Waals surface area contributed by atoms with E-state index in [2.05, 4.69) is 47.2 Å². The van der Waals surface area contributed by atoms with Gasteiger partial charge in [-0.05, 0) is 30.0 Å². The second kappa shape index (κ2) is 7.48. The van der Waals surface area contributed by atoms with E-state index >= 15 is 0 Å². The second-order valence-corrected chi connectivity index (χ2v) is 6.94. The minimum atomic E-state index is 0.427. The van der Waals surface area contributed by atoms with Crippen LogP contribution in [0.3, 0.4) is 0 Å². The molecule has 0 aliphatic carbocycles. The Kier molecular flexibility index (Phi) is 5.91. The molecule has 1 atom stereocenters. The fraction of sp³-hybridized carbons (Fsp3) is 0.647. The molecule has 0 amide bonds. The molecule has 118 valence electrons. The van der Waals surface area contributed by atoms with E-state index in [1.165, 1.54) is 5.56 Å². The average molecular weight is 310 g/mol. The van der Waals surface area contributed by atoms with Gasteiger partial charge in [0.25, 0.3) is 0 Å². The molecular formula is C17H28ClN3. The summed E-state index contributed by atoms with van der Waals surface area (Å²) in [6.07, 6.45) is 1.15. The molecule has 0 unspecified atom stereocenters. The van der Waals surface area contributed by atoms with Crippen molar-refractivity contribution >= 4 is 17.3 Å². The van der Waals surface area contributed by atoms with E-state index in [9.17, 15) is 0 Å². The van der Waals surface area contributed by atoms with Crippen LogP contribution in [0.5, 0.6) is 0 Å². The molecule has 0 spiro atoms. The number of piperazine rings is 1. The van der Waals surface area contributed by atoms with E-state index < -0.39 is 0 Å². The number of rotatable bonds is 5. The average Bonchev–Trinajstić information content (AvgIpc) is 2.45. The fourth-order valence-corrected chi connectivity index (χ4v) is 3.28. The Labute approximate surface area is 134 Å². The molecule has 2 rings (SSSR count).